The van der Waals surface area contributed by atoms with Crippen molar-refractivity contribution < 1.29 is 26.9 Å². The van der Waals surface area contributed by atoms with Crippen LogP contribution in [0.2, 0.25) is 0 Å². The Hall–Kier alpha value is -2.89. The van der Waals surface area contributed by atoms with E-state index in [4.69, 9.17) is 9.26 Å². The molecule has 28 heavy (non-hydrogen) atoms. The number of ether oxygens (including phenoxy) is 1. The molecule has 2 heterocycles. The van der Waals surface area contributed by atoms with Crippen LogP contribution >= 0.6 is 11.3 Å². The molecule has 0 aliphatic heterocycles. The van der Waals surface area contributed by atoms with E-state index in [0.29, 0.717) is 0 Å². The number of carbonyl (C=O) groups is 1. The lowest BCUT2D eigenvalue weighted by Crippen LogP contribution is -2.25. The highest BCUT2D eigenvalue weighted by Crippen LogP contribution is 2.20. The van der Waals surface area contributed by atoms with Gasteiger partial charge in [0.1, 0.15) is 10.7 Å². The van der Waals surface area contributed by atoms with Crippen molar-refractivity contribution in [2.24, 2.45) is 0 Å². The Morgan fingerprint density at radius 1 is 1.39 bits per heavy atom. The number of nitrogens with one attached hydrogen (secondary N) is 1. The number of halogens is 1. The normalized spacial score (nSPS) is 11.3. The van der Waals surface area contributed by atoms with Gasteiger partial charge in [-0.05, 0) is 29.6 Å². The van der Waals surface area contributed by atoms with Gasteiger partial charge in [0.05, 0.1) is 11.1 Å². The zero-order valence-electron chi connectivity index (χ0n) is 14.3. The second kappa shape index (κ2) is 8.42. The molecule has 3 rings (SSSR count). The molecule has 0 saturated heterocycles. The molecule has 0 radical (unpaired) electrons. The number of sulfonamides is 1. The summed E-state index contributed by atoms with van der Waals surface area (Å²) in [6.45, 7) is 3.01. The fourth-order valence-electron chi connectivity index (χ4n) is 2.11. The van der Waals surface area contributed by atoms with Crippen LogP contribution < -0.4 is 4.72 Å². The average Bonchev–Trinajstić information content (AvgIpc) is 3.36. The standard InChI is InChI=1S/C17H14FN3O5S2/c1-2-6-19-28(23,24)14-8-11(3-4-13(14)18)17(22)25-9-15-20-16(26-21-15)12-5-7-27-10-12/h2-5,7-8,10,19H,1,6,9H2. The summed E-state index contributed by atoms with van der Waals surface area (Å²) in [4.78, 5) is 15.6. The first kappa shape index (κ1) is 19.9. The number of carbonyl (C=O) groups excluding carboxylic acids is 1. The summed E-state index contributed by atoms with van der Waals surface area (Å²) in [6, 6.07) is 4.70. The number of nitrogens with zero attached hydrogens (tertiary/aromatic N) is 2. The number of benzene rings is 1. The second-order valence-electron chi connectivity index (χ2n) is 5.39. The SMILES string of the molecule is C=CCNS(=O)(=O)c1cc(C(=O)OCc2noc(-c3ccsc3)n2)ccc1F. The minimum absolute atomic E-state index is 0.0826. The Balaban J connectivity index is 1.71. The van der Waals surface area contributed by atoms with Crippen molar-refractivity contribution >= 4 is 27.3 Å². The van der Waals surface area contributed by atoms with E-state index >= 15 is 0 Å². The van der Waals surface area contributed by atoms with Crippen molar-refractivity contribution in [1.29, 1.82) is 0 Å². The van der Waals surface area contributed by atoms with Crippen molar-refractivity contribution in [1.82, 2.24) is 14.9 Å². The molecule has 0 unspecified atom stereocenters. The Bertz CT molecular complexity index is 1090. The van der Waals surface area contributed by atoms with E-state index < -0.39 is 26.7 Å². The Morgan fingerprint density at radius 2 is 2.21 bits per heavy atom. The van der Waals surface area contributed by atoms with E-state index in [9.17, 15) is 17.6 Å². The van der Waals surface area contributed by atoms with Gasteiger partial charge < -0.3 is 9.26 Å². The zero-order chi connectivity index (χ0) is 20.1. The smallest absolute Gasteiger partial charge is 0.338 e. The lowest BCUT2D eigenvalue weighted by Gasteiger charge is -2.08. The highest BCUT2D eigenvalue weighted by Gasteiger charge is 2.21. The van der Waals surface area contributed by atoms with Crippen molar-refractivity contribution in [2.75, 3.05) is 6.54 Å². The molecule has 0 aliphatic carbocycles. The number of hydrogen-bond acceptors (Lipinski definition) is 8. The topological polar surface area (TPSA) is 111 Å². The summed E-state index contributed by atoms with van der Waals surface area (Å²) in [5, 5.41) is 7.38. The molecule has 1 N–H and O–H groups in total. The predicted molar refractivity (Wildman–Crippen MR) is 98.5 cm³/mol. The third-order valence-electron chi connectivity index (χ3n) is 3.44. The van der Waals surface area contributed by atoms with Gasteiger partial charge in [0.25, 0.3) is 5.89 Å². The van der Waals surface area contributed by atoms with E-state index in [0.717, 1.165) is 23.8 Å². The van der Waals surface area contributed by atoms with Crippen LogP contribution in [0.25, 0.3) is 11.5 Å². The molecule has 146 valence electrons. The summed E-state index contributed by atoms with van der Waals surface area (Å²) in [7, 11) is -4.14. The first-order chi connectivity index (χ1) is 13.4. The van der Waals surface area contributed by atoms with Gasteiger partial charge in [-0.25, -0.2) is 22.3 Å². The maximum atomic E-state index is 13.9. The molecule has 0 fully saturated rings. The van der Waals surface area contributed by atoms with Crippen molar-refractivity contribution in [2.45, 2.75) is 11.5 Å². The molecule has 2 aromatic heterocycles. The highest BCUT2D eigenvalue weighted by molar-refractivity contribution is 7.89. The van der Waals surface area contributed by atoms with Crippen molar-refractivity contribution in [3.63, 3.8) is 0 Å². The van der Waals surface area contributed by atoms with Crippen LogP contribution in [-0.4, -0.2) is 31.1 Å². The van der Waals surface area contributed by atoms with Gasteiger partial charge in [-0.3, -0.25) is 0 Å². The molecule has 8 nitrogen and oxygen atoms in total. The molecule has 0 amide bonds. The van der Waals surface area contributed by atoms with Crippen LogP contribution in [0.4, 0.5) is 4.39 Å². The number of hydrogen-bond donors (Lipinski definition) is 1. The Morgan fingerprint density at radius 3 is 2.93 bits per heavy atom. The third kappa shape index (κ3) is 4.50. The zero-order valence-corrected chi connectivity index (χ0v) is 15.9. The number of rotatable bonds is 8. The van der Waals surface area contributed by atoms with Gasteiger partial charge in [0.2, 0.25) is 15.8 Å². The molecular weight excluding hydrogens is 409 g/mol. The molecule has 1 aromatic carbocycles. The lowest BCUT2D eigenvalue weighted by atomic mass is 10.2. The fourth-order valence-corrected chi connectivity index (χ4v) is 3.84. The summed E-state index contributed by atoms with van der Waals surface area (Å²) in [5.74, 6) is -1.43. The minimum atomic E-state index is -4.14. The van der Waals surface area contributed by atoms with Crippen LogP contribution in [0.5, 0.6) is 0 Å². The molecule has 0 atom stereocenters. The summed E-state index contributed by atoms with van der Waals surface area (Å²) in [5.41, 5.74) is 0.609. The quantitative estimate of drug-likeness (QED) is 0.438. The molecule has 3 aromatic rings. The molecule has 11 heteroatoms. The first-order valence-corrected chi connectivity index (χ1v) is 10.3. The monoisotopic (exact) mass is 423 g/mol. The van der Waals surface area contributed by atoms with Gasteiger partial charge in [-0.1, -0.05) is 11.2 Å². The number of aromatic nitrogens is 2. The van der Waals surface area contributed by atoms with Gasteiger partial charge in [0.15, 0.2) is 6.61 Å². The summed E-state index contributed by atoms with van der Waals surface area (Å²) < 4.78 is 50.4. The largest absolute Gasteiger partial charge is 0.454 e. The van der Waals surface area contributed by atoms with Crippen LogP contribution in [0.3, 0.4) is 0 Å². The number of esters is 1. The highest BCUT2D eigenvalue weighted by atomic mass is 32.2. The maximum absolute atomic E-state index is 13.9. The average molecular weight is 423 g/mol. The molecule has 0 spiro atoms. The third-order valence-corrected chi connectivity index (χ3v) is 5.56. The van der Waals surface area contributed by atoms with E-state index in [-0.39, 0.29) is 30.4 Å². The predicted octanol–water partition coefficient (Wildman–Crippen LogP) is 2.76. The Kier molecular flexibility index (Phi) is 5.97. The summed E-state index contributed by atoms with van der Waals surface area (Å²) in [6.07, 6.45) is 1.31. The van der Waals surface area contributed by atoms with Crippen LogP contribution in [-0.2, 0) is 21.4 Å². The van der Waals surface area contributed by atoms with Gasteiger partial charge >= 0.3 is 5.97 Å². The van der Waals surface area contributed by atoms with Crippen molar-refractivity contribution in [3.8, 4) is 11.5 Å². The maximum Gasteiger partial charge on any atom is 0.338 e. The first-order valence-electron chi connectivity index (χ1n) is 7.83. The number of thiophene rings is 1. The van der Waals surface area contributed by atoms with Gasteiger partial charge in [-0.2, -0.15) is 16.3 Å². The van der Waals surface area contributed by atoms with Gasteiger partial charge in [-0.15, -0.1) is 6.58 Å². The van der Waals surface area contributed by atoms with Crippen LogP contribution in [0.1, 0.15) is 16.2 Å². The molecule has 0 bridgehead atoms. The lowest BCUT2D eigenvalue weighted by molar-refractivity contribution is 0.0459. The molecule has 0 aliphatic rings. The molecule has 0 saturated carbocycles. The van der Waals surface area contributed by atoms with Crippen LogP contribution in [0.15, 0.2) is 57.1 Å². The van der Waals surface area contributed by atoms with E-state index in [1.54, 1.807) is 6.07 Å². The second-order valence-corrected chi connectivity index (χ2v) is 7.91. The van der Waals surface area contributed by atoms with E-state index in [1.165, 1.54) is 17.4 Å². The molecular formula is C17H14FN3O5S2. The minimum Gasteiger partial charge on any atom is -0.454 e. The van der Waals surface area contributed by atoms with Crippen molar-refractivity contribution in [3.05, 3.63) is 64.9 Å². The fraction of sp³-hybridized carbons (Fsp3) is 0.118. The van der Waals surface area contributed by atoms with Crippen LogP contribution in [0, 0.1) is 5.82 Å². The van der Waals surface area contributed by atoms with Gasteiger partial charge in [0, 0.05) is 11.9 Å². The van der Waals surface area contributed by atoms with E-state index in [1.807, 2.05) is 10.8 Å². The Labute approximate surface area is 163 Å². The summed E-state index contributed by atoms with van der Waals surface area (Å²) >= 11 is 1.46. The van der Waals surface area contributed by atoms with E-state index in [2.05, 4.69) is 21.4 Å².